The number of carbonyl (C=O) groups excluding carboxylic acids is 1. The third kappa shape index (κ3) is 3.69. The Morgan fingerprint density at radius 2 is 1.83 bits per heavy atom. The molecule has 0 aliphatic rings. The van der Waals surface area contributed by atoms with Gasteiger partial charge in [0.15, 0.2) is 5.78 Å². The molecule has 3 heteroatoms. The lowest BCUT2D eigenvalue weighted by Gasteiger charge is -2.02. The molecule has 92 valence electrons. The molecule has 0 unspecified atom stereocenters. The Labute approximate surface area is 120 Å². The predicted molar refractivity (Wildman–Crippen MR) is 78.2 cm³/mol. The number of Topliss-reactive ketones (excluding diaryl/α,β-unsaturated/α-hetero) is 1. The lowest BCUT2D eigenvalue weighted by Crippen LogP contribution is -2.00. The van der Waals surface area contributed by atoms with Crippen LogP contribution in [0.1, 0.15) is 22.3 Å². The van der Waals surface area contributed by atoms with Gasteiger partial charge in [-0.25, -0.2) is 0 Å². The second kappa shape index (κ2) is 6.17. The maximum absolute atomic E-state index is 12.0. The number of rotatable bonds is 4. The molecule has 0 spiro atoms. The van der Waals surface area contributed by atoms with Crippen LogP contribution in [0.15, 0.2) is 53.0 Å². The first kappa shape index (κ1) is 13.3. The fourth-order valence-corrected chi connectivity index (χ4v) is 2.21. The standard InChI is InChI=1S/C15H12BrClO/c16-13-7-5-12(6-8-13)15(18)9-4-11-2-1-3-14(17)10-11/h1-3,5-8,10H,4,9H2. The van der Waals surface area contributed by atoms with Gasteiger partial charge in [-0.3, -0.25) is 4.79 Å². The average Bonchev–Trinajstić information content (AvgIpc) is 2.37. The van der Waals surface area contributed by atoms with E-state index in [1.54, 1.807) is 0 Å². The van der Waals surface area contributed by atoms with Gasteiger partial charge in [0.2, 0.25) is 0 Å². The van der Waals surface area contributed by atoms with Crippen molar-refractivity contribution in [1.82, 2.24) is 0 Å². The van der Waals surface area contributed by atoms with Gasteiger partial charge in [-0.1, -0.05) is 51.8 Å². The van der Waals surface area contributed by atoms with Crippen LogP contribution in [0.5, 0.6) is 0 Å². The SMILES string of the molecule is O=C(CCc1cccc(Cl)c1)c1ccc(Br)cc1. The number of aryl methyl sites for hydroxylation is 1. The summed E-state index contributed by atoms with van der Waals surface area (Å²) >= 11 is 9.26. The van der Waals surface area contributed by atoms with Gasteiger partial charge in [-0.05, 0) is 36.2 Å². The number of ketones is 1. The van der Waals surface area contributed by atoms with Gasteiger partial charge >= 0.3 is 0 Å². The van der Waals surface area contributed by atoms with Gasteiger partial charge in [0.25, 0.3) is 0 Å². The average molecular weight is 324 g/mol. The molecule has 0 saturated carbocycles. The second-order valence-electron chi connectivity index (χ2n) is 4.06. The molecule has 0 saturated heterocycles. The van der Waals surface area contributed by atoms with Crippen LogP contribution in [0, 0.1) is 0 Å². The summed E-state index contributed by atoms with van der Waals surface area (Å²) in [6.07, 6.45) is 1.22. The third-order valence-corrected chi connectivity index (χ3v) is 3.46. The minimum absolute atomic E-state index is 0.155. The topological polar surface area (TPSA) is 17.1 Å². The van der Waals surface area contributed by atoms with E-state index in [1.165, 1.54) is 0 Å². The summed E-state index contributed by atoms with van der Waals surface area (Å²) < 4.78 is 0.980. The Bertz CT molecular complexity index is 549. The molecule has 0 N–H and O–H groups in total. The van der Waals surface area contributed by atoms with Crippen LogP contribution in [0.3, 0.4) is 0 Å². The molecule has 2 aromatic carbocycles. The van der Waals surface area contributed by atoms with Crippen LogP contribution in [0.4, 0.5) is 0 Å². The molecule has 0 aliphatic carbocycles. The zero-order valence-corrected chi connectivity index (χ0v) is 12.0. The lowest BCUT2D eigenvalue weighted by atomic mass is 10.0. The summed E-state index contributed by atoms with van der Waals surface area (Å²) in [7, 11) is 0. The number of benzene rings is 2. The van der Waals surface area contributed by atoms with Crippen molar-refractivity contribution in [2.24, 2.45) is 0 Å². The third-order valence-electron chi connectivity index (χ3n) is 2.70. The van der Waals surface area contributed by atoms with Crippen molar-refractivity contribution in [2.45, 2.75) is 12.8 Å². The first-order valence-electron chi connectivity index (χ1n) is 5.68. The van der Waals surface area contributed by atoms with Crippen molar-refractivity contribution in [3.8, 4) is 0 Å². The molecular weight excluding hydrogens is 312 g/mol. The van der Waals surface area contributed by atoms with E-state index in [2.05, 4.69) is 15.9 Å². The van der Waals surface area contributed by atoms with Gasteiger partial charge in [0, 0.05) is 21.5 Å². The van der Waals surface area contributed by atoms with Crippen LogP contribution in [0.2, 0.25) is 5.02 Å². The fourth-order valence-electron chi connectivity index (χ4n) is 1.73. The molecule has 0 radical (unpaired) electrons. The van der Waals surface area contributed by atoms with Crippen LogP contribution < -0.4 is 0 Å². The molecule has 0 aromatic heterocycles. The zero-order chi connectivity index (χ0) is 13.0. The van der Waals surface area contributed by atoms with Gasteiger partial charge < -0.3 is 0 Å². The van der Waals surface area contributed by atoms with Crippen LogP contribution in [-0.2, 0) is 6.42 Å². The Balaban J connectivity index is 1.98. The van der Waals surface area contributed by atoms with Crippen molar-refractivity contribution in [3.05, 3.63) is 69.2 Å². The number of hydrogen-bond donors (Lipinski definition) is 0. The minimum atomic E-state index is 0.155. The fraction of sp³-hybridized carbons (Fsp3) is 0.133. The molecule has 18 heavy (non-hydrogen) atoms. The summed E-state index contributed by atoms with van der Waals surface area (Å²) in [6.45, 7) is 0. The van der Waals surface area contributed by atoms with E-state index in [0.29, 0.717) is 11.4 Å². The van der Waals surface area contributed by atoms with E-state index >= 15 is 0 Å². The molecule has 0 amide bonds. The molecule has 2 rings (SSSR count). The maximum atomic E-state index is 12.0. The van der Waals surface area contributed by atoms with Crippen molar-refractivity contribution >= 4 is 33.3 Å². The highest BCUT2D eigenvalue weighted by Crippen LogP contribution is 2.15. The summed E-state index contributed by atoms with van der Waals surface area (Å²) in [5, 5.41) is 0.712. The van der Waals surface area contributed by atoms with Crippen LogP contribution in [0.25, 0.3) is 0 Å². The first-order chi connectivity index (χ1) is 8.65. The summed E-state index contributed by atoms with van der Waals surface area (Å²) in [5.41, 5.74) is 1.84. The van der Waals surface area contributed by atoms with E-state index in [4.69, 9.17) is 11.6 Å². The molecule has 1 nitrogen and oxygen atoms in total. The predicted octanol–water partition coefficient (Wildman–Crippen LogP) is 4.92. The van der Waals surface area contributed by atoms with Crippen LogP contribution in [-0.4, -0.2) is 5.78 Å². The summed E-state index contributed by atoms with van der Waals surface area (Å²) in [6, 6.07) is 15.1. The molecule has 0 heterocycles. The normalized spacial score (nSPS) is 10.3. The highest BCUT2D eigenvalue weighted by atomic mass is 79.9. The van der Waals surface area contributed by atoms with Gasteiger partial charge in [0.05, 0.1) is 0 Å². The van der Waals surface area contributed by atoms with E-state index < -0.39 is 0 Å². The lowest BCUT2D eigenvalue weighted by molar-refractivity contribution is 0.0983. The summed E-state index contributed by atoms with van der Waals surface area (Å²) in [5.74, 6) is 0.155. The Hall–Kier alpha value is -1.12. The minimum Gasteiger partial charge on any atom is -0.294 e. The number of hydrogen-bond acceptors (Lipinski definition) is 1. The Morgan fingerprint density at radius 3 is 2.50 bits per heavy atom. The van der Waals surface area contributed by atoms with Crippen molar-refractivity contribution in [1.29, 1.82) is 0 Å². The number of halogens is 2. The highest BCUT2D eigenvalue weighted by Gasteiger charge is 2.06. The Morgan fingerprint density at radius 1 is 1.11 bits per heavy atom. The quantitative estimate of drug-likeness (QED) is 0.730. The first-order valence-corrected chi connectivity index (χ1v) is 6.85. The number of carbonyl (C=O) groups is 1. The molecule has 0 bridgehead atoms. The zero-order valence-electron chi connectivity index (χ0n) is 9.70. The molecule has 0 fully saturated rings. The second-order valence-corrected chi connectivity index (χ2v) is 5.41. The van der Waals surface area contributed by atoms with Gasteiger partial charge in [-0.15, -0.1) is 0 Å². The molecule has 2 aromatic rings. The van der Waals surface area contributed by atoms with E-state index in [0.717, 1.165) is 22.0 Å². The maximum Gasteiger partial charge on any atom is 0.163 e. The van der Waals surface area contributed by atoms with Crippen molar-refractivity contribution < 1.29 is 4.79 Å². The van der Waals surface area contributed by atoms with Crippen LogP contribution >= 0.6 is 27.5 Å². The van der Waals surface area contributed by atoms with E-state index in [1.807, 2.05) is 48.5 Å². The summed E-state index contributed by atoms with van der Waals surface area (Å²) in [4.78, 5) is 12.0. The molecule has 0 aliphatic heterocycles. The van der Waals surface area contributed by atoms with Crippen molar-refractivity contribution in [3.63, 3.8) is 0 Å². The molecule has 0 atom stereocenters. The largest absolute Gasteiger partial charge is 0.294 e. The van der Waals surface area contributed by atoms with Crippen molar-refractivity contribution in [2.75, 3.05) is 0 Å². The van der Waals surface area contributed by atoms with Gasteiger partial charge in [-0.2, -0.15) is 0 Å². The smallest absolute Gasteiger partial charge is 0.163 e. The van der Waals surface area contributed by atoms with Gasteiger partial charge in [0.1, 0.15) is 0 Å². The Kier molecular flexibility index (Phi) is 4.56. The van der Waals surface area contributed by atoms with E-state index in [-0.39, 0.29) is 5.78 Å². The molecular formula is C15H12BrClO. The van der Waals surface area contributed by atoms with E-state index in [9.17, 15) is 4.79 Å². The highest BCUT2D eigenvalue weighted by molar-refractivity contribution is 9.10. The monoisotopic (exact) mass is 322 g/mol.